The molecule has 0 atom stereocenters. The van der Waals surface area contributed by atoms with Crippen LogP contribution in [0.2, 0.25) is 0 Å². The van der Waals surface area contributed by atoms with Crippen molar-refractivity contribution in [3.05, 3.63) is 53.6 Å². The van der Waals surface area contributed by atoms with Crippen LogP contribution in [0.1, 0.15) is 18.1 Å². The predicted molar refractivity (Wildman–Crippen MR) is 98.6 cm³/mol. The molecule has 0 aromatic heterocycles. The highest BCUT2D eigenvalue weighted by molar-refractivity contribution is 8.00. The van der Waals surface area contributed by atoms with E-state index >= 15 is 0 Å². The number of rotatable bonds is 5. The van der Waals surface area contributed by atoms with Crippen LogP contribution < -0.4 is 10.2 Å². The third-order valence-electron chi connectivity index (χ3n) is 4.19. The summed E-state index contributed by atoms with van der Waals surface area (Å²) in [6.45, 7) is 6.32. The molecule has 3 rings (SSSR count). The second-order valence-corrected chi connectivity index (χ2v) is 6.79. The van der Waals surface area contributed by atoms with E-state index in [9.17, 15) is 4.79 Å². The number of carbonyl (C=O) groups excluding carboxylic acids is 1. The van der Waals surface area contributed by atoms with E-state index in [0.29, 0.717) is 5.75 Å². The van der Waals surface area contributed by atoms with Crippen molar-refractivity contribution < 1.29 is 4.79 Å². The summed E-state index contributed by atoms with van der Waals surface area (Å²) in [6.07, 6.45) is 1.10. The highest BCUT2D eigenvalue weighted by Crippen LogP contribution is 2.30. The Kier molecular flexibility index (Phi) is 4.91. The largest absolute Gasteiger partial charge is 0.371 e. The lowest BCUT2D eigenvalue weighted by molar-refractivity contribution is -0.113. The maximum absolute atomic E-state index is 12.2. The zero-order valence-corrected chi connectivity index (χ0v) is 14.5. The lowest BCUT2D eigenvalue weighted by Gasteiger charge is -2.17. The third-order valence-corrected chi connectivity index (χ3v) is 5.37. The predicted octanol–water partition coefficient (Wildman–Crippen LogP) is 4.11. The van der Waals surface area contributed by atoms with Gasteiger partial charge >= 0.3 is 0 Å². The van der Waals surface area contributed by atoms with Gasteiger partial charge in [-0.1, -0.05) is 24.3 Å². The van der Waals surface area contributed by atoms with Gasteiger partial charge < -0.3 is 10.2 Å². The van der Waals surface area contributed by atoms with E-state index < -0.39 is 0 Å². The molecule has 0 aliphatic carbocycles. The summed E-state index contributed by atoms with van der Waals surface area (Å²) in [5, 5.41) is 3.02. The fraction of sp³-hybridized carbons (Fsp3) is 0.316. The normalized spacial score (nSPS) is 13.0. The molecule has 0 unspecified atom stereocenters. The maximum Gasteiger partial charge on any atom is 0.234 e. The highest BCUT2D eigenvalue weighted by atomic mass is 32.2. The first-order valence-electron chi connectivity index (χ1n) is 8.03. The summed E-state index contributed by atoms with van der Waals surface area (Å²) in [6, 6.07) is 14.4. The summed E-state index contributed by atoms with van der Waals surface area (Å²) in [5.74, 6) is 0.471. The van der Waals surface area contributed by atoms with Crippen molar-refractivity contribution in [3.63, 3.8) is 0 Å². The monoisotopic (exact) mass is 326 g/mol. The third kappa shape index (κ3) is 3.70. The van der Waals surface area contributed by atoms with E-state index in [4.69, 9.17) is 0 Å². The highest BCUT2D eigenvalue weighted by Gasteiger charge is 2.18. The molecule has 1 aliphatic heterocycles. The smallest absolute Gasteiger partial charge is 0.234 e. The molecule has 1 aliphatic rings. The lowest BCUT2D eigenvalue weighted by atomic mass is 10.1. The fourth-order valence-corrected chi connectivity index (χ4v) is 3.74. The quantitative estimate of drug-likeness (QED) is 0.839. The Morgan fingerprint density at radius 2 is 2.09 bits per heavy atom. The zero-order valence-electron chi connectivity index (χ0n) is 13.6. The number of thioether (sulfide) groups is 1. The van der Waals surface area contributed by atoms with E-state index in [-0.39, 0.29) is 5.91 Å². The Bertz CT molecular complexity index is 714. The van der Waals surface area contributed by atoms with E-state index in [1.165, 1.54) is 16.8 Å². The second-order valence-electron chi connectivity index (χ2n) is 5.78. The van der Waals surface area contributed by atoms with Crippen LogP contribution in [-0.4, -0.2) is 24.7 Å². The summed E-state index contributed by atoms with van der Waals surface area (Å²) < 4.78 is 0. The van der Waals surface area contributed by atoms with E-state index in [1.54, 1.807) is 11.8 Å². The Labute approximate surface area is 142 Å². The molecule has 1 amide bonds. The Morgan fingerprint density at radius 3 is 2.87 bits per heavy atom. The minimum Gasteiger partial charge on any atom is -0.371 e. The van der Waals surface area contributed by atoms with Crippen LogP contribution in [0.5, 0.6) is 0 Å². The molecule has 3 nitrogen and oxygen atoms in total. The fourth-order valence-electron chi connectivity index (χ4n) is 2.91. The van der Waals surface area contributed by atoms with Crippen LogP contribution in [-0.2, 0) is 11.2 Å². The Hall–Kier alpha value is -1.94. The van der Waals surface area contributed by atoms with Gasteiger partial charge in [0.1, 0.15) is 0 Å². The minimum atomic E-state index is 0.0410. The van der Waals surface area contributed by atoms with Gasteiger partial charge in [0, 0.05) is 29.4 Å². The van der Waals surface area contributed by atoms with Gasteiger partial charge in [-0.05, 0) is 49.6 Å². The molecule has 1 heterocycles. The van der Waals surface area contributed by atoms with Crippen LogP contribution in [0, 0.1) is 6.92 Å². The van der Waals surface area contributed by atoms with Gasteiger partial charge in [-0.25, -0.2) is 0 Å². The van der Waals surface area contributed by atoms with E-state index in [2.05, 4.69) is 48.3 Å². The lowest BCUT2D eigenvalue weighted by Crippen LogP contribution is -2.19. The number of carbonyl (C=O) groups is 1. The molecule has 1 N–H and O–H groups in total. The number of hydrogen-bond donors (Lipinski definition) is 1. The van der Waals surface area contributed by atoms with Crippen LogP contribution in [0.3, 0.4) is 0 Å². The first-order chi connectivity index (χ1) is 11.2. The van der Waals surface area contributed by atoms with Crippen molar-refractivity contribution in [3.8, 4) is 0 Å². The van der Waals surface area contributed by atoms with Crippen molar-refractivity contribution in [2.24, 2.45) is 0 Å². The molecule has 4 heteroatoms. The second kappa shape index (κ2) is 7.09. The zero-order chi connectivity index (χ0) is 16.2. The summed E-state index contributed by atoms with van der Waals surface area (Å²) in [4.78, 5) is 15.7. The number of hydrogen-bond acceptors (Lipinski definition) is 3. The Morgan fingerprint density at radius 1 is 1.26 bits per heavy atom. The average Bonchev–Trinajstić information content (AvgIpc) is 2.96. The summed E-state index contributed by atoms with van der Waals surface area (Å²) >= 11 is 1.58. The number of benzene rings is 2. The first kappa shape index (κ1) is 15.9. The van der Waals surface area contributed by atoms with Crippen LogP contribution in [0.4, 0.5) is 11.4 Å². The van der Waals surface area contributed by atoms with E-state index in [0.717, 1.165) is 30.1 Å². The van der Waals surface area contributed by atoms with Crippen molar-refractivity contribution >= 4 is 29.0 Å². The molecular weight excluding hydrogens is 304 g/mol. The van der Waals surface area contributed by atoms with E-state index in [1.807, 2.05) is 18.2 Å². The van der Waals surface area contributed by atoms with Gasteiger partial charge in [-0.15, -0.1) is 11.8 Å². The molecule has 2 aromatic rings. The molecule has 0 saturated carbocycles. The number of nitrogens with one attached hydrogen (secondary N) is 1. The number of aryl methyl sites for hydroxylation is 1. The molecule has 23 heavy (non-hydrogen) atoms. The van der Waals surface area contributed by atoms with Crippen molar-refractivity contribution in [2.45, 2.75) is 25.2 Å². The molecule has 0 radical (unpaired) electrons. The number of amides is 1. The molecule has 0 spiro atoms. The van der Waals surface area contributed by atoms with Crippen LogP contribution in [0.15, 0.2) is 47.4 Å². The molecular formula is C19H22N2OS. The van der Waals surface area contributed by atoms with Gasteiger partial charge in [0.15, 0.2) is 0 Å². The summed E-state index contributed by atoms with van der Waals surface area (Å²) in [5.41, 5.74) is 4.73. The number of likely N-dealkylation sites (N-methyl/N-ethyl adjacent to an activating group) is 1. The molecule has 0 bridgehead atoms. The van der Waals surface area contributed by atoms with Gasteiger partial charge in [0.25, 0.3) is 0 Å². The van der Waals surface area contributed by atoms with Crippen molar-refractivity contribution in [2.75, 3.05) is 29.1 Å². The number of nitrogens with zero attached hydrogens (tertiary/aromatic N) is 1. The van der Waals surface area contributed by atoms with Gasteiger partial charge in [0.2, 0.25) is 5.91 Å². The van der Waals surface area contributed by atoms with Crippen molar-refractivity contribution in [1.29, 1.82) is 0 Å². The van der Waals surface area contributed by atoms with Crippen LogP contribution in [0.25, 0.3) is 0 Å². The van der Waals surface area contributed by atoms with Gasteiger partial charge in [-0.3, -0.25) is 4.79 Å². The number of anilines is 2. The SMILES string of the molecule is CCN1CCc2ccc(NC(=O)CSc3ccccc3C)cc21. The summed E-state index contributed by atoms with van der Waals surface area (Å²) in [7, 11) is 0. The minimum absolute atomic E-state index is 0.0410. The van der Waals surface area contributed by atoms with Crippen LogP contribution >= 0.6 is 11.8 Å². The molecule has 0 fully saturated rings. The van der Waals surface area contributed by atoms with Gasteiger partial charge in [-0.2, -0.15) is 0 Å². The standard InChI is InChI=1S/C19H22N2OS/c1-3-21-11-10-15-8-9-16(12-17(15)21)20-19(22)13-23-18-7-5-4-6-14(18)2/h4-9,12H,3,10-11,13H2,1-2H3,(H,20,22). The Balaban J connectivity index is 1.61. The van der Waals surface area contributed by atoms with Gasteiger partial charge in [0.05, 0.1) is 5.75 Å². The topological polar surface area (TPSA) is 32.3 Å². The number of fused-ring (bicyclic) bond motifs is 1. The molecule has 0 saturated heterocycles. The average molecular weight is 326 g/mol. The first-order valence-corrected chi connectivity index (χ1v) is 9.02. The molecule has 120 valence electrons. The molecule has 2 aromatic carbocycles. The van der Waals surface area contributed by atoms with Crippen molar-refractivity contribution in [1.82, 2.24) is 0 Å². The maximum atomic E-state index is 12.2.